The highest BCUT2D eigenvalue weighted by molar-refractivity contribution is 5.09. The number of rotatable bonds is 1. The Hall–Kier alpha value is -0.520. The molecule has 1 aliphatic heterocycles. The minimum Gasteiger partial charge on any atom is -0.395 e. The van der Waals surface area contributed by atoms with Gasteiger partial charge in [0.25, 0.3) is 0 Å². The molecule has 44 valence electrons. The van der Waals surface area contributed by atoms with Crippen molar-refractivity contribution in [3.63, 3.8) is 0 Å². The molecule has 0 saturated carbocycles. The van der Waals surface area contributed by atoms with Crippen molar-refractivity contribution < 1.29 is 9.84 Å². The Labute approximate surface area is 48.5 Å². The van der Waals surface area contributed by atoms with Crippen LogP contribution in [0.2, 0.25) is 0 Å². The molecule has 1 aliphatic rings. The first kappa shape index (κ1) is 5.61. The van der Waals surface area contributed by atoms with Gasteiger partial charge in [0.15, 0.2) is 0 Å². The van der Waals surface area contributed by atoms with Crippen LogP contribution in [0.15, 0.2) is 0 Å². The molecule has 0 aromatic rings. The van der Waals surface area contributed by atoms with Gasteiger partial charge in [0.2, 0.25) is 0 Å². The normalized spacial score (nSPS) is 23.5. The molecule has 1 rings (SSSR count). The summed E-state index contributed by atoms with van der Waals surface area (Å²) in [6.45, 7) is 1.07. The maximum absolute atomic E-state index is 8.61. The Morgan fingerprint density at radius 3 is 2.38 bits per heavy atom. The number of ether oxygens (including phenoxy) is 1. The summed E-state index contributed by atoms with van der Waals surface area (Å²) in [6.07, 6.45) is 5.09. The van der Waals surface area contributed by atoms with Gasteiger partial charge in [0.05, 0.1) is 19.8 Å². The lowest BCUT2D eigenvalue weighted by Crippen LogP contribution is -2.44. The molecular weight excluding hydrogens is 104 g/mol. The van der Waals surface area contributed by atoms with E-state index >= 15 is 0 Å². The summed E-state index contributed by atoms with van der Waals surface area (Å²) in [5.41, 5.74) is -0.333. The summed E-state index contributed by atoms with van der Waals surface area (Å²) < 4.78 is 4.82. The Morgan fingerprint density at radius 1 is 1.75 bits per heavy atom. The second-order valence-corrected chi connectivity index (χ2v) is 2.08. The second-order valence-electron chi connectivity index (χ2n) is 2.08. The number of terminal acetylenes is 1. The van der Waals surface area contributed by atoms with Crippen molar-refractivity contribution in [2.45, 2.75) is 0 Å². The van der Waals surface area contributed by atoms with Gasteiger partial charge < -0.3 is 9.84 Å². The van der Waals surface area contributed by atoms with Gasteiger partial charge in [-0.1, -0.05) is 5.92 Å². The Bertz CT molecular complexity index is 113. The number of hydrogen-bond acceptors (Lipinski definition) is 2. The van der Waals surface area contributed by atoms with Crippen LogP contribution in [0.5, 0.6) is 0 Å². The Kier molecular flexibility index (Phi) is 1.24. The second kappa shape index (κ2) is 1.77. The highest BCUT2D eigenvalue weighted by Gasteiger charge is 2.35. The van der Waals surface area contributed by atoms with Gasteiger partial charge in [0.1, 0.15) is 5.41 Å². The summed E-state index contributed by atoms with van der Waals surface area (Å²) in [6, 6.07) is 0. The summed E-state index contributed by atoms with van der Waals surface area (Å²) in [5, 5.41) is 8.61. The van der Waals surface area contributed by atoms with E-state index in [4.69, 9.17) is 16.3 Å². The highest BCUT2D eigenvalue weighted by Crippen LogP contribution is 2.24. The molecule has 0 bridgehead atoms. The van der Waals surface area contributed by atoms with Gasteiger partial charge in [-0.05, 0) is 0 Å². The first-order valence-electron chi connectivity index (χ1n) is 2.49. The van der Waals surface area contributed by atoms with E-state index in [1.54, 1.807) is 0 Å². The van der Waals surface area contributed by atoms with Gasteiger partial charge in [0, 0.05) is 0 Å². The van der Waals surface area contributed by atoms with Gasteiger partial charge >= 0.3 is 0 Å². The lowest BCUT2D eigenvalue weighted by molar-refractivity contribution is -0.0997. The minimum absolute atomic E-state index is 0.0451. The van der Waals surface area contributed by atoms with Crippen LogP contribution in [0.4, 0.5) is 0 Å². The molecule has 0 radical (unpaired) electrons. The Balaban J connectivity index is 2.49. The van der Waals surface area contributed by atoms with Crippen LogP contribution in [-0.2, 0) is 4.74 Å². The zero-order chi connectivity index (χ0) is 6.04. The number of hydrogen-bond donors (Lipinski definition) is 1. The summed E-state index contributed by atoms with van der Waals surface area (Å²) >= 11 is 0. The fourth-order valence-electron chi connectivity index (χ4n) is 0.569. The van der Waals surface area contributed by atoms with Crippen LogP contribution in [0.3, 0.4) is 0 Å². The Morgan fingerprint density at radius 2 is 2.38 bits per heavy atom. The van der Waals surface area contributed by atoms with Crippen LogP contribution >= 0.6 is 0 Å². The third-order valence-corrected chi connectivity index (χ3v) is 1.37. The fourth-order valence-corrected chi connectivity index (χ4v) is 0.569. The lowest BCUT2D eigenvalue weighted by atomic mass is 9.89. The topological polar surface area (TPSA) is 29.5 Å². The molecule has 0 aromatic carbocycles. The average Bonchev–Trinajstić information content (AvgIpc) is 1.67. The van der Waals surface area contributed by atoms with Crippen LogP contribution in [0.1, 0.15) is 0 Å². The predicted molar refractivity (Wildman–Crippen MR) is 29.2 cm³/mol. The van der Waals surface area contributed by atoms with E-state index in [2.05, 4.69) is 5.92 Å². The van der Waals surface area contributed by atoms with Gasteiger partial charge in [-0.2, -0.15) is 0 Å². The van der Waals surface area contributed by atoms with Crippen molar-refractivity contribution in [3.8, 4) is 12.3 Å². The largest absolute Gasteiger partial charge is 0.395 e. The van der Waals surface area contributed by atoms with Gasteiger partial charge in [-0.3, -0.25) is 0 Å². The molecule has 8 heavy (non-hydrogen) atoms. The zero-order valence-electron chi connectivity index (χ0n) is 4.55. The monoisotopic (exact) mass is 112 g/mol. The predicted octanol–water partition coefficient (Wildman–Crippen LogP) is -0.371. The van der Waals surface area contributed by atoms with E-state index in [1.807, 2.05) is 0 Å². The van der Waals surface area contributed by atoms with E-state index in [0.717, 1.165) is 0 Å². The van der Waals surface area contributed by atoms with E-state index in [-0.39, 0.29) is 12.0 Å². The van der Waals surface area contributed by atoms with Gasteiger partial charge in [-0.15, -0.1) is 6.42 Å². The van der Waals surface area contributed by atoms with Crippen LogP contribution < -0.4 is 0 Å². The summed E-state index contributed by atoms with van der Waals surface area (Å²) in [5.74, 6) is 2.49. The zero-order valence-corrected chi connectivity index (χ0v) is 4.55. The van der Waals surface area contributed by atoms with E-state index in [9.17, 15) is 0 Å². The van der Waals surface area contributed by atoms with E-state index < -0.39 is 0 Å². The SMILES string of the molecule is C#CC1(CO)COC1. The average molecular weight is 112 g/mol. The van der Waals surface area contributed by atoms with Crippen molar-refractivity contribution in [2.75, 3.05) is 19.8 Å². The maximum Gasteiger partial charge on any atom is 0.101 e. The maximum atomic E-state index is 8.61. The number of aliphatic hydroxyl groups is 1. The van der Waals surface area contributed by atoms with Crippen LogP contribution in [0.25, 0.3) is 0 Å². The number of aliphatic hydroxyl groups excluding tert-OH is 1. The highest BCUT2D eigenvalue weighted by atomic mass is 16.5. The molecule has 1 fully saturated rings. The molecule has 2 heteroatoms. The fraction of sp³-hybridized carbons (Fsp3) is 0.667. The van der Waals surface area contributed by atoms with Gasteiger partial charge in [-0.25, -0.2) is 0 Å². The lowest BCUT2D eigenvalue weighted by Gasteiger charge is -2.34. The molecule has 0 amide bonds. The van der Waals surface area contributed by atoms with Crippen molar-refractivity contribution in [1.29, 1.82) is 0 Å². The van der Waals surface area contributed by atoms with Crippen molar-refractivity contribution in [3.05, 3.63) is 0 Å². The molecule has 2 nitrogen and oxygen atoms in total. The molecule has 1 N–H and O–H groups in total. The minimum atomic E-state index is -0.333. The molecule has 0 atom stereocenters. The van der Waals surface area contributed by atoms with E-state index in [0.29, 0.717) is 13.2 Å². The first-order chi connectivity index (χ1) is 3.83. The standard InChI is InChI=1S/C6H8O2/c1-2-6(3-7)4-8-5-6/h1,7H,3-5H2. The molecule has 0 aliphatic carbocycles. The summed E-state index contributed by atoms with van der Waals surface area (Å²) in [7, 11) is 0. The molecule has 1 heterocycles. The quantitative estimate of drug-likeness (QED) is 0.469. The van der Waals surface area contributed by atoms with E-state index in [1.165, 1.54) is 0 Å². The molecule has 0 spiro atoms. The van der Waals surface area contributed by atoms with Crippen LogP contribution in [-0.4, -0.2) is 24.9 Å². The van der Waals surface area contributed by atoms with Crippen molar-refractivity contribution in [2.24, 2.45) is 5.41 Å². The van der Waals surface area contributed by atoms with Crippen molar-refractivity contribution in [1.82, 2.24) is 0 Å². The molecule has 1 saturated heterocycles. The third kappa shape index (κ3) is 0.605. The van der Waals surface area contributed by atoms with Crippen LogP contribution in [0, 0.1) is 17.8 Å². The molecule has 0 aromatic heterocycles. The smallest absolute Gasteiger partial charge is 0.101 e. The van der Waals surface area contributed by atoms with Crippen molar-refractivity contribution >= 4 is 0 Å². The molecular formula is C6H8O2. The third-order valence-electron chi connectivity index (χ3n) is 1.37. The first-order valence-corrected chi connectivity index (χ1v) is 2.49. The summed E-state index contributed by atoms with van der Waals surface area (Å²) in [4.78, 5) is 0. The molecule has 0 unspecified atom stereocenters.